The number of hydrogen-bond donors (Lipinski definition) is 0. The first-order chi connectivity index (χ1) is 10.1. The molecule has 0 aliphatic carbocycles. The van der Waals surface area contributed by atoms with E-state index in [1.165, 1.54) is 0 Å². The van der Waals surface area contributed by atoms with Crippen molar-refractivity contribution in [1.82, 2.24) is 9.97 Å². The van der Waals surface area contributed by atoms with Crippen molar-refractivity contribution in [1.29, 1.82) is 0 Å². The zero-order valence-electron chi connectivity index (χ0n) is 10.7. The van der Waals surface area contributed by atoms with E-state index in [4.69, 9.17) is 39.5 Å². The van der Waals surface area contributed by atoms with Gasteiger partial charge >= 0.3 is 0 Å². The molecule has 0 unspecified atom stereocenters. The summed E-state index contributed by atoms with van der Waals surface area (Å²) in [6, 6.07) is 8.88. The molecule has 0 radical (unpaired) electrons. The summed E-state index contributed by atoms with van der Waals surface area (Å²) in [5.74, 6) is 0.640. The number of benzene rings is 1. The molecular formula is C15H9Cl3N2O. The zero-order valence-corrected chi connectivity index (χ0v) is 13.0. The van der Waals surface area contributed by atoms with Crippen LogP contribution in [0, 0.1) is 0 Å². The van der Waals surface area contributed by atoms with E-state index in [-0.39, 0.29) is 6.61 Å². The predicted molar refractivity (Wildman–Crippen MR) is 85.3 cm³/mol. The van der Waals surface area contributed by atoms with E-state index >= 15 is 0 Å². The lowest BCUT2D eigenvalue weighted by molar-refractivity contribution is 0.309. The second kappa shape index (κ2) is 6.06. The molecule has 6 heteroatoms. The monoisotopic (exact) mass is 338 g/mol. The zero-order chi connectivity index (χ0) is 14.8. The fourth-order valence-corrected chi connectivity index (χ4v) is 2.56. The van der Waals surface area contributed by atoms with Crippen molar-refractivity contribution < 1.29 is 4.74 Å². The summed E-state index contributed by atoms with van der Waals surface area (Å²) in [6.07, 6.45) is 3.29. The highest BCUT2D eigenvalue weighted by atomic mass is 35.5. The van der Waals surface area contributed by atoms with Gasteiger partial charge in [-0.2, -0.15) is 0 Å². The number of rotatable bonds is 3. The van der Waals surface area contributed by atoms with Crippen LogP contribution < -0.4 is 4.74 Å². The Morgan fingerprint density at radius 3 is 2.67 bits per heavy atom. The average molecular weight is 340 g/mol. The van der Waals surface area contributed by atoms with E-state index < -0.39 is 0 Å². The fraction of sp³-hybridized carbons (Fsp3) is 0.0667. The third kappa shape index (κ3) is 3.05. The summed E-state index contributed by atoms with van der Waals surface area (Å²) in [6.45, 7) is 0.274. The van der Waals surface area contributed by atoms with Gasteiger partial charge in [0.2, 0.25) is 0 Å². The van der Waals surface area contributed by atoms with Gasteiger partial charge in [0, 0.05) is 23.3 Å². The quantitative estimate of drug-likeness (QED) is 0.618. The average Bonchev–Trinajstić information content (AvgIpc) is 2.48. The molecule has 0 fully saturated rings. The van der Waals surface area contributed by atoms with Crippen molar-refractivity contribution in [3.63, 3.8) is 0 Å². The summed E-state index contributed by atoms with van der Waals surface area (Å²) < 4.78 is 5.79. The van der Waals surface area contributed by atoms with Gasteiger partial charge in [-0.25, -0.2) is 4.98 Å². The Balaban J connectivity index is 1.90. The van der Waals surface area contributed by atoms with Crippen LogP contribution in [0.5, 0.6) is 5.75 Å². The molecule has 2 aromatic heterocycles. The van der Waals surface area contributed by atoms with Crippen LogP contribution in [0.25, 0.3) is 10.9 Å². The van der Waals surface area contributed by atoms with Crippen LogP contribution >= 0.6 is 34.8 Å². The molecule has 21 heavy (non-hydrogen) atoms. The number of fused-ring (bicyclic) bond motifs is 1. The van der Waals surface area contributed by atoms with Crippen LogP contribution in [0.4, 0.5) is 0 Å². The molecular weight excluding hydrogens is 331 g/mol. The van der Waals surface area contributed by atoms with E-state index in [1.807, 2.05) is 12.1 Å². The molecule has 0 N–H and O–H groups in total. The number of ether oxygens (including phenoxy) is 1. The van der Waals surface area contributed by atoms with Gasteiger partial charge in [-0.1, -0.05) is 34.8 Å². The van der Waals surface area contributed by atoms with Gasteiger partial charge in [-0.3, -0.25) is 4.98 Å². The highest BCUT2D eigenvalue weighted by molar-refractivity contribution is 6.35. The molecule has 0 aliphatic rings. The Kier molecular flexibility index (Phi) is 4.15. The van der Waals surface area contributed by atoms with Crippen LogP contribution in [0.2, 0.25) is 15.2 Å². The lowest BCUT2D eigenvalue weighted by atomic mass is 10.2. The van der Waals surface area contributed by atoms with E-state index in [0.717, 1.165) is 10.9 Å². The number of halogens is 3. The first-order valence-electron chi connectivity index (χ1n) is 6.11. The second-order valence-corrected chi connectivity index (χ2v) is 5.53. The molecule has 1 aromatic carbocycles. The van der Waals surface area contributed by atoms with Gasteiger partial charge in [-0.15, -0.1) is 0 Å². The van der Waals surface area contributed by atoms with Crippen LogP contribution in [0.3, 0.4) is 0 Å². The molecule has 0 spiro atoms. The maximum Gasteiger partial charge on any atom is 0.146 e. The summed E-state index contributed by atoms with van der Waals surface area (Å²) in [5, 5.41) is 2.34. The van der Waals surface area contributed by atoms with E-state index in [0.29, 0.717) is 26.5 Å². The number of pyridine rings is 2. The lowest BCUT2D eigenvalue weighted by Crippen LogP contribution is -1.98. The number of nitrogens with zero attached hydrogens (tertiary/aromatic N) is 2. The Morgan fingerprint density at radius 2 is 1.86 bits per heavy atom. The van der Waals surface area contributed by atoms with E-state index in [2.05, 4.69) is 9.97 Å². The molecule has 3 aromatic rings. The first-order valence-corrected chi connectivity index (χ1v) is 7.24. The van der Waals surface area contributed by atoms with E-state index in [9.17, 15) is 0 Å². The standard InChI is InChI=1S/C15H9Cl3N2O/c16-11-3-4-13(15-10(11)2-1-5-19-15)21-8-9-7-20-14(18)6-12(9)17/h1-7H,8H2. The number of hydrogen-bond acceptors (Lipinski definition) is 3. The van der Waals surface area contributed by atoms with Crippen LogP contribution in [-0.2, 0) is 6.61 Å². The molecule has 0 saturated carbocycles. The topological polar surface area (TPSA) is 35.0 Å². The van der Waals surface area contributed by atoms with Gasteiger partial charge in [0.15, 0.2) is 0 Å². The third-order valence-corrected chi connectivity index (χ3v) is 3.85. The SMILES string of the molecule is Clc1cc(Cl)c(COc2ccc(Cl)c3cccnc23)cn1. The van der Waals surface area contributed by atoms with Crippen molar-refractivity contribution in [3.8, 4) is 5.75 Å². The van der Waals surface area contributed by atoms with Crippen LogP contribution in [0.15, 0.2) is 42.7 Å². The molecule has 106 valence electrons. The Labute approximate surface area is 136 Å². The van der Waals surface area contributed by atoms with Crippen molar-refractivity contribution in [2.75, 3.05) is 0 Å². The molecule has 3 nitrogen and oxygen atoms in total. The molecule has 0 aliphatic heterocycles. The van der Waals surface area contributed by atoms with Gasteiger partial charge in [0.1, 0.15) is 23.0 Å². The van der Waals surface area contributed by atoms with Gasteiger partial charge in [0.05, 0.1) is 10.0 Å². The molecule has 0 saturated heterocycles. The lowest BCUT2D eigenvalue weighted by Gasteiger charge is -2.10. The van der Waals surface area contributed by atoms with Crippen molar-refractivity contribution in [2.45, 2.75) is 6.61 Å². The third-order valence-electron chi connectivity index (χ3n) is 2.96. The normalized spacial score (nSPS) is 10.8. The van der Waals surface area contributed by atoms with Gasteiger partial charge in [-0.05, 0) is 30.3 Å². The van der Waals surface area contributed by atoms with Crippen molar-refractivity contribution in [3.05, 3.63) is 63.5 Å². The Morgan fingerprint density at radius 1 is 1.00 bits per heavy atom. The van der Waals surface area contributed by atoms with E-state index in [1.54, 1.807) is 30.6 Å². The minimum Gasteiger partial charge on any atom is -0.487 e. The minimum absolute atomic E-state index is 0.274. The molecule has 3 rings (SSSR count). The second-order valence-electron chi connectivity index (χ2n) is 4.33. The molecule has 2 heterocycles. The number of aromatic nitrogens is 2. The van der Waals surface area contributed by atoms with Gasteiger partial charge < -0.3 is 4.74 Å². The molecule has 0 amide bonds. The van der Waals surface area contributed by atoms with Crippen LogP contribution in [-0.4, -0.2) is 9.97 Å². The van der Waals surface area contributed by atoms with Gasteiger partial charge in [0.25, 0.3) is 0 Å². The summed E-state index contributed by atoms with van der Waals surface area (Å²) >= 11 is 18.0. The first kappa shape index (κ1) is 14.4. The maximum absolute atomic E-state index is 6.15. The van der Waals surface area contributed by atoms with Crippen molar-refractivity contribution in [2.24, 2.45) is 0 Å². The maximum atomic E-state index is 6.15. The Hall–Kier alpha value is -1.55. The van der Waals surface area contributed by atoms with Crippen LogP contribution in [0.1, 0.15) is 5.56 Å². The minimum atomic E-state index is 0.274. The highest BCUT2D eigenvalue weighted by Crippen LogP contribution is 2.30. The summed E-state index contributed by atoms with van der Waals surface area (Å²) in [4.78, 5) is 8.30. The Bertz CT molecular complexity index is 808. The fourth-order valence-electron chi connectivity index (χ4n) is 1.93. The summed E-state index contributed by atoms with van der Waals surface area (Å²) in [5.41, 5.74) is 1.46. The smallest absolute Gasteiger partial charge is 0.146 e. The molecule has 0 atom stereocenters. The molecule has 0 bridgehead atoms. The van der Waals surface area contributed by atoms with Crippen molar-refractivity contribution >= 4 is 45.7 Å². The predicted octanol–water partition coefficient (Wildman–Crippen LogP) is 5.17. The largest absolute Gasteiger partial charge is 0.487 e. The summed E-state index contributed by atoms with van der Waals surface area (Å²) in [7, 11) is 0. The highest BCUT2D eigenvalue weighted by Gasteiger charge is 2.08.